The average molecular weight is 233 g/mol. The van der Waals surface area contributed by atoms with Gasteiger partial charge in [-0.2, -0.15) is 0 Å². The molecular weight excluding hydrogens is 214 g/mol. The Bertz CT molecular complexity index is 405. The lowest BCUT2D eigenvalue weighted by Crippen LogP contribution is -2.38. The molecule has 92 valence electrons. The zero-order valence-electron chi connectivity index (χ0n) is 10.2. The first kappa shape index (κ1) is 11.9. The second kappa shape index (κ2) is 5.17. The lowest BCUT2D eigenvalue weighted by atomic mass is 10.1. The van der Waals surface area contributed by atoms with Gasteiger partial charge in [-0.1, -0.05) is 12.8 Å². The Morgan fingerprint density at radius 2 is 2.29 bits per heavy atom. The van der Waals surface area contributed by atoms with Crippen molar-refractivity contribution >= 4 is 11.6 Å². The van der Waals surface area contributed by atoms with Crippen LogP contribution in [0.5, 0.6) is 0 Å². The molecule has 1 amide bonds. The van der Waals surface area contributed by atoms with Crippen molar-refractivity contribution in [3.8, 4) is 0 Å². The number of nitrogens with zero attached hydrogens (tertiary/aromatic N) is 2. The molecule has 0 radical (unpaired) electrons. The highest BCUT2D eigenvalue weighted by Gasteiger charge is 2.23. The number of likely N-dealkylation sites (tertiary alicyclic amines) is 1. The fourth-order valence-corrected chi connectivity index (χ4v) is 2.29. The Morgan fingerprint density at radius 3 is 3.06 bits per heavy atom. The maximum absolute atomic E-state index is 12.3. The normalized spacial score (nSPS) is 21.0. The van der Waals surface area contributed by atoms with E-state index in [2.05, 4.69) is 11.9 Å². The number of carbonyl (C=O) groups excluding carboxylic acids is 1. The van der Waals surface area contributed by atoms with E-state index >= 15 is 0 Å². The molecule has 0 aliphatic carbocycles. The number of nitrogen functional groups attached to an aromatic ring is 1. The summed E-state index contributed by atoms with van der Waals surface area (Å²) < 4.78 is 0. The molecule has 1 unspecified atom stereocenters. The molecule has 0 aromatic carbocycles. The van der Waals surface area contributed by atoms with E-state index < -0.39 is 0 Å². The van der Waals surface area contributed by atoms with Crippen LogP contribution in [0.4, 0.5) is 5.69 Å². The van der Waals surface area contributed by atoms with Crippen molar-refractivity contribution in [2.24, 2.45) is 0 Å². The maximum Gasteiger partial charge on any atom is 0.272 e. The number of rotatable bonds is 1. The maximum atomic E-state index is 12.3. The van der Waals surface area contributed by atoms with Crippen molar-refractivity contribution < 1.29 is 4.79 Å². The molecule has 0 spiro atoms. The molecule has 2 N–H and O–H groups in total. The van der Waals surface area contributed by atoms with E-state index in [9.17, 15) is 4.79 Å². The van der Waals surface area contributed by atoms with E-state index in [0.29, 0.717) is 17.4 Å². The van der Waals surface area contributed by atoms with E-state index in [1.807, 2.05) is 4.90 Å². The van der Waals surface area contributed by atoms with Crippen LogP contribution in [0.2, 0.25) is 0 Å². The average Bonchev–Trinajstić information content (AvgIpc) is 2.53. The second-order valence-corrected chi connectivity index (χ2v) is 4.67. The van der Waals surface area contributed by atoms with E-state index in [-0.39, 0.29) is 5.91 Å². The predicted octanol–water partition coefficient (Wildman–Crippen LogP) is 2.07. The number of anilines is 1. The lowest BCUT2D eigenvalue weighted by molar-refractivity contribution is 0.0692. The number of hydrogen-bond donors (Lipinski definition) is 1. The second-order valence-electron chi connectivity index (χ2n) is 4.67. The molecule has 2 rings (SSSR count). The number of carbonyl (C=O) groups is 1. The Balaban J connectivity index is 2.18. The summed E-state index contributed by atoms with van der Waals surface area (Å²) in [5.74, 6) is 0.00620. The van der Waals surface area contributed by atoms with E-state index in [0.717, 1.165) is 19.4 Å². The number of aromatic nitrogens is 1. The number of nitrogens with two attached hydrogens (primary N) is 1. The summed E-state index contributed by atoms with van der Waals surface area (Å²) in [4.78, 5) is 18.4. The van der Waals surface area contributed by atoms with Gasteiger partial charge in [0, 0.05) is 24.5 Å². The van der Waals surface area contributed by atoms with Crippen LogP contribution in [0.3, 0.4) is 0 Å². The zero-order chi connectivity index (χ0) is 12.3. The summed E-state index contributed by atoms with van der Waals surface area (Å²) in [5, 5.41) is 0. The standard InChI is InChI=1S/C13H19N3O/c1-10-5-3-2-4-8-16(10)13(17)12-9-11(14)6-7-15-12/h6-7,9-10H,2-5,8H2,1H3,(H2,14,15). The van der Waals surface area contributed by atoms with Crippen LogP contribution in [0.15, 0.2) is 18.3 Å². The highest BCUT2D eigenvalue weighted by molar-refractivity contribution is 5.93. The number of amides is 1. The molecule has 1 aliphatic rings. The first-order chi connectivity index (χ1) is 8.18. The molecule has 1 aliphatic heterocycles. The van der Waals surface area contributed by atoms with Crippen molar-refractivity contribution in [2.45, 2.75) is 38.6 Å². The summed E-state index contributed by atoms with van der Waals surface area (Å²) >= 11 is 0. The molecule has 4 heteroatoms. The summed E-state index contributed by atoms with van der Waals surface area (Å²) in [5.41, 5.74) is 6.73. The van der Waals surface area contributed by atoms with Gasteiger partial charge in [-0.3, -0.25) is 9.78 Å². The number of pyridine rings is 1. The quantitative estimate of drug-likeness (QED) is 0.807. The first-order valence-corrected chi connectivity index (χ1v) is 6.21. The van der Waals surface area contributed by atoms with Gasteiger partial charge in [0.15, 0.2) is 0 Å². The molecule has 17 heavy (non-hydrogen) atoms. The molecule has 1 atom stereocenters. The topological polar surface area (TPSA) is 59.2 Å². The zero-order valence-corrected chi connectivity index (χ0v) is 10.2. The Kier molecular flexibility index (Phi) is 3.61. The van der Waals surface area contributed by atoms with Crippen LogP contribution in [-0.2, 0) is 0 Å². The fourth-order valence-electron chi connectivity index (χ4n) is 2.29. The summed E-state index contributed by atoms with van der Waals surface area (Å²) in [6, 6.07) is 3.65. The minimum atomic E-state index is 0.00620. The van der Waals surface area contributed by atoms with Gasteiger partial charge in [-0.25, -0.2) is 0 Å². The minimum absolute atomic E-state index is 0.00620. The molecule has 1 aromatic rings. The van der Waals surface area contributed by atoms with Crippen LogP contribution in [0, 0.1) is 0 Å². The van der Waals surface area contributed by atoms with Gasteiger partial charge in [0.2, 0.25) is 0 Å². The minimum Gasteiger partial charge on any atom is -0.399 e. The Labute approximate surface area is 102 Å². The van der Waals surface area contributed by atoms with Crippen LogP contribution < -0.4 is 5.73 Å². The fraction of sp³-hybridized carbons (Fsp3) is 0.538. The Hall–Kier alpha value is -1.58. The molecule has 0 bridgehead atoms. The van der Waals surface area contributed by atoms with Gasteiger partial charge in [0.1, 0.15) is 5.69 Å². The van der Waals surface area contributed by atoms with Gasteiger partial charge < -0.3 is 10.6 Å². The third-order valence-electron chi connectivity index (χ3n) is 3.32. The van der Waals surface area contributed by atoms with Gasteiger partial charge >= 0.3 is 0 Å². The third-order valence-corrected chi connectivity index (χ3v) is 3.32. The largest absolute Gasteiger partial charge is 0.399 e. The van der Waals surface area contributed by atoms with Crippen LogP contribution in [0.25, 0.3) is 0 Å². The van der Waals surface area contributed by atoms with E-state index in [4.69, 9.17) is 5.73 Å². The van der Waals surface area contributed by atoms with Gasteiger partial charge in [0.05, 0.1) is 0 Å². The summed E-state index contributed by atoms with van der Waals surface area (Å²) in [7, 11) is 0. The molecule has 1 saturated heterocycles. The number of hydrogen-bond acceptors (Lipinski definition) is 3. The Morgan fingerprint density at radius 1 is 1.47 bits per heavy atom. The summed E-state index contributed by atoms with van der Waals surface area (Å²) in [6.45, 7) is 2.94. The molecule has 4 nitrogen and oxygen atoms in total. The van der Waals surface area contributed by atoms with Crippen LogP contribution in [-0.4, -0.2) is 28.4 Å². The van der Waals surface area contributed by atoms with Crippen molar-refractivity contribution in [1.82, 2.24) is 9.88 Å². The SMILES string of the molecule is CC1CCCCCN1C(=O)c1cc(N)ccn1. The van der Waals surface area contributed by atoms with E-state index in [1.165, 1.54) is 12.8 Å². The third kappa shape index (κ3) is 2.75. The van der Waals surface area contributed by atoms with Crippen LogP contribution in [0.1, 0.15) is 43.1 Å². The molecule has 2 heterocycles. The molecular formula is C13H19N3O. The van der Waals surface area contributed by atoms with Gasteiger partial charge in [0.25, 0.3) is 5.91 Å². The molecule has 1 fully saturated rings. The van der Waals surface area contributed by atoms with Crippen molar-refractivity contribution in [3.05, 3.63) is 24.0 Å². The first-order valence-electron chi connectivity index (χ1n) is 6.21. The predicted molar refractivity (Wildman–Crippen MR) is 67.6 cm³/mol. The highest BCUT2D eigenvalue weighted by Crippen LogP contribution is 2.18. The monoisotopic (exact) mass is 233 g/mol. The smallest absolute Gasteiger partial charge is 0.272 e. The van der Waals surface area contributed by atoms with Crippen molar-refractivity contribution in [3.63, 3.8) is 0 Å². The van der Waals surface area contributed by atoms with E-state index in [1.54, 1.807) is 18.3 Å². The summed E-state index contributed by atoms with van der Waals surface area (Å²) in [6.07, 6.45) is 6.16. The lowest BCUT2D eigenvalue weighted by Gasteiger charge is -2.26. The molecule has 0 saturated carbocycles. The van der Waals surface area contributed by atoms with Crippen molar-refractivity contribution in [2.75, 3.05) is 12.3 Å². The highest BCUT2D eigenvalue weighted by atomic mass is 16.2. The van der Waals surface area contributed by atoms with Crippen LogP contribution >= 0.6 is 0 Å². The molecule has 1 aromatic heterocycles. The van der Waals surface area contributed by atoms with Crippen molar-refractivity contribution in [1.29, 1.82) is 0 Å². The van der Waals surface area contributed by atoms with Gasteiger partial charge in [-0.05, 0) is 31.9 Å². The van der Waals surface area contributed by atoms with Gasteiger partial charge in [-0.15, -0.1) is 0 Å².